The molecule has 0 aliphatic heterocycles. The van der Waals surface area contributed by atoms with E-state index >= 15 is 0 Å². The summed E-state index contributed by atoms with van der Waals surface area (Å²) in [5, 5.41) is 1.10. The van der Waals surface area contributed by atoms with E-state index in [0.717, 1.165) is 10.7 Å². The maximum Gasteiger partial charge on any atom is 0.0900 e. The van der Waals surface area contributed by atoms with E-state index in [2.05, 4.69) is 4.98 Å². The molecular weight excluding hydrogens is 144 g/mol. The van der Waals surface area contributed by atoms with Crippen LogP contribution in [0.4, 0.5) is 0 Å². The standard InChI is InChI=1S/C7H12N2S/c1-4(8)7-5(2)9-6(3)10-7/h4H,8H2,1-3H3/t4-/m0/s1. The number of aryl methyl sites for hydroxylation is 2. The van der Waals surface area contributed by atoms with Crippen molar-refractivity contribution in [1.82, 2.24) is 4.98 Å². The van der Waals surface area contributed by atoms with Crippen LogP contribution in [0.1, 0.15) is 28.5 Å². The smallest absolute Gasteiger partial charge is 0.0900 e. The molecule has 0 bridgehead atoms. The van der Waals surface area contributed by atoms with Crippen molar-refractivity contribution in [3.05, 3.63) is 15.6 Å². The van der Waals surface area contributed by atoms with Crippen LogP contribution in [-0.4, -0.2) is 4.98 Å². The third-order valence-electron chi connectivity index (χ3n) is 1.35. The van der Waals surface area contributed by atoms with Crippen LogP contribution in [0, 0.1) is 13.8 Å². The number of rotatable bonds is 1. The Balaban J connectivity index is 3.03. The van der Waals surface area contributed by atoms with Gasteiger partial charge >= 0.3 is 0 Å². The van der Waals surface area contributed by atoms with E-state index in [4.69, 9.17) is 5.73 Å². The van der Waals surface area contributed by atoms with Gasteiger partial charge in [-0.2, -0.15) is 0 Å². The molecule has 0 aliphatic rings. The maximum absolute atomic E-state index is 5.70. The molecule has 0 saturated carbocycles. The molecule has 3 heteroatoms. The predicted octanol–water partition coefficient (Wildman–Crippen LogP) is 1.78. The molecule has 0 radical (unpaired) electrons. The van der Waals surface area contributed by atoms with E-state index in [1.54, 1.807) is 11.3 Å². The van der Waals surface area contributed by atoms with Crippen molar-refractivity contribution in [2.45, 2.75) is 26.8 Å². The Kier molecular flexibility index (Phi) is 2.06. The first-order chi connectivity index (χ1) is 4.61. The highest BCUT2D eigenvalue weighted by Gasteiger charge is 2.07. The highest BCUT2D eigenvalue weighted by Crippen LogP contribution is 2.22. The first-order valence-corrected chi connectivity index (χ1v) is 4.12. The zero-order valence-corrected chi connectivity index (χ0v) is 7.33. The minimum absolute atomic E-state index is 0.131. The van der Waals surface area contributed by atoms with E-state index in [1.165, 1.54) is 4.88 Å². The highest BCUT2D eigenvalue weighted by molar-refractivity contribution is 7.11. The van der Waals surface area contributed by atoms with Crippen molar-refractivity contribution >= 4 is 11.3 Å². The molecule has 2 N–H and O–H groups in total. The average molecular weight is 156 g/mol. The van der Waals surface area contributed by atoms with Crippen molar-refractivity contribution in [1.29, 1.82) is 0 Å². The maximum atomic E-state index is 5.70. The molecule has 0 spiro atoms. The topological polar surface area (TPSA) is 38.9 Å². The van der Waals surface area contributed by atoms with Crippen molar-refractivity contribution in [3.63, 3.8) is 0 Å². The molecule has 2 nitrogen and oxygen atoms in total. The first-order valence-electron chi connectivity index (χ1n) is 3.30. The van der Waals surface area contributed by atoms with Gasteiger partial charge in [-0.25, -0.2) is 4.98 Å². The van der Waals surface area contributed by atoms with Crippen molar-refractivity contribution < 1.29 is 0 Å². The van der Waals surface area contributed by atoms with Crippen LogP contribution in [0.25, 0.3) is 0 Å². The summed E-state index contributed by atoms with van der Waals surface area (Å²) in [7, 11) is 0. The highest BCUT2D eigenvalue weighted by atomic mass is 32.1. The molecule has 1 heterocycles. The third-order valence-corrected chi connectivity index (χ3v) is 2.63. The van der Waals surface area contributed by atoms with Gasteiger partial charge in [-0.3, -0.25) is 0 Å². The lowest BCUT2D eigenvalue weighted by Crippen LogP contribution is -2.03. The predicted molar refractivity (Wildman–Crippen MR) is 44.2 cm³/mol. The Labute approximate surface area is 65.1 Å². The average Bonchev–Trinajstić information content (AvgIpc) is 2.10. The third kappa shape index (κ3) is 1.36. The van der Waals surface area contributed by atoms with Gasteiger partial charge in [0.15, 0.2) is 0 Å². The molecule has 0 fully saturated rings. The van der Waals surface area contributed by atoms with Crippen LogP contribution >= 0.6 is 11.3 Å². The van der Waals surface area contributed by atoms with Crippen molar-refractivity contribution in [2.24, 2.45) is 5.73 Å². The fraction of sp³-hybridized carbons (Fsp3) is 0.571. The molecule has 1 aromatic rings. The summed E-state index contributed by atoms with van der Waals surface area (Å²) >= 11 is 1.69. The van der Waals surface area contributed by atoms with Crippen molar-refractivity contribution in [3.8, 4) is 0 Å². The van der Waals surface area contributed by atoms with E-state index < -0.39 is 0 Å². The van der Waals surface area contributed by atoms with Gasteiger partial charge in [0.05, 0.1) is 10.7 Å². The van der Waals surface area contributed by atoms with Gasteiger partial charge in [0, 0.05) is 10.9 Å². The number of hydrogen-bond acceptors (Lipinski definition) is 3. The number of hydrogen-bond donors (Lipinski definition) is 1. The lowest BCUT2D eigenvalue weighted by molar-refractivity contribution is 0.825. The normalized spacial score (nSPS) is 13.6. The summed E-state index contributed by atoms with van der Waals surface area (Å²) in [6.45, 7) is 5.99. The van der Waals surface area contributed by atoms with E-state index in [9.17, 15) is 0 Å². The fourth-order valence-corrected chi connectivity index (χ4v) is 1.85. The second-order valence-electron chi connectivity index (χ2n) is 2.47. The lowest BCUT2D eigenvalue weighted by Gasteiger charge is -1.99. The van der Waals surface area contributed by atoms with Crippen LogP contribution in [0.2, 0.25) is 0 Å². The largest absolute Gasteiger partial charge is 0.323 e. The molecular formula is C7H12N2S. The Bertz CT molecular complexity index is 228. The van der Waals surface area contributed by atoms with E-state index in [1.807, 2.05) is 20.8 Å². The summed E-state index contributed by atoms with van der Waals surface area (Å²) in [5.74, 6) is 0. The van der Waals surface area contributed by atoms with E-state index in [-0.39, 0.29) is 6.04 Å². The molecule has 0 amide bonds. The summed E-state index contributed by atoms with van der Waals surface area (Å²) in [4.78, 5) is 5.48. The van der Waals surface area contributed by atoms with E-state index in [0.29, 0.717) is 0 Å². The zero-order valence-electron chi connectivity index (χ0n) is 6.51. The Morgan fingerprint density at radius 3 is 2.30 bits per heavy atom. The lowest BCUT2D eigenvalue weighted by atomic mass is 10.2. The summed E-state index contributed by atoms with van der Waals surface area (Å²) < 4.78 is 0. The molecule has 10 heavy (non-hydrogen) atoms. The molecule has 1 rings (SSSR count). The van der Waals surface area contributed by atoms with Crippen LogP contribution < -0.4 is 5.73 Å². The van der Waals surface area contributed by atoms with Crippen LogP contribution in [0.15, 0.2) is 0 Å². The van der Waals surface area contributed by atoms with Crippen LogP contribution in [0.5, 0.6) is 0 Å². The van der Waals surface area contributed by atoms with Gasteiger partial charge in [0.25, 0.3) is 0 Å². The van der Waals surface area contributed by atoms with Crippen molar-refractivity contribution in [2.75, 3.05) is 0 Å². The Hall–Kier alpha value is -0.410. The zero-order chi connectivity index (χ0) is 7.72. The SMILES string of the molecule is Cc1nc(C)c([C@H](C)N)s1. The number of thiazole rings is 1. The number of nitrogens with zero attached hydrogens (tertiary/aromatic N) is 1. The molecule has 0 aromatic carbocycles. The Morgan fingerprint density at radius 1 is 1.50 bits per heavy atom. The second kappa shape index (κ2) is 2.68. The monoisotopic (exact) mass is 156 g/mol. The summed E-state index contributed by atoms with van der Waals surface area (Å²) in [6, 6.07) is 0.131. The Morgan fingerprint density at radius 2 is 2.10 bits per heavy atom. The molecule has 1 aromatic heterocycles. The second-order valence-corrected chi connectivity index (χ2v) is 3.71. The number of aromatic nitrogens is 1. The fourth-order valence-electron chi connectivity index (χ4n) is 0.970. The molecule has 56 valence electrons. The minimum Gasteiger partial charge on any atom is -0.323 e. The molecule has 0 aliphatic carbocycles. The van der Waals surface area contributed by atoms with Gasteiger partial charge in [-0.05, 0) is 20.8 Å². The number of nitrogens with two attached hydrogens (primary N) is 1. The molecule has 0 unspecified atom stereocenters. The molecule has 1 atom stereocenters. The van der Waals surface area contributed by atoms with Gasteiger partial charge < -0.3 is 5.73 Å². The van der Waals surface area contributed by atoms with Crippen LogP contribution in [0.3, 0.4) is 0 Å². The van der Waals surface area contributed by atoms with Crippen LogP contribution in [-0.2, 0) is 0 Å². The van der Waals surface area contributed by atoms with Gasteiger partial charge in [0.2, 0.25) is 0 Å². The minimum atomic E-state index is 0.131. The summed E-state index contributed by atoms with van der Waals surface area (Å²) in [6.07, 6.45) is 0. The first kappa shape index (κ1) is 7.69. The quantitative estimate of drug-likeness (QED) is 0.673. The van der Waals surface area contributed by atoms with Gasteiger partial charge in [0.1, 0.15) is 0 Å². The van der Waals surface area contributed by atoms with Gasteiger partial charge in [-0.15, -0.1) is 11.3 Å². The van der Waals surface area contributed by atoms with Gasteiger partial charge in [-0.1, -0.05) is 0 Å². The molecule has 0 saturated heterocycles. The summed E-state index contributed by atoms with van der Waals surface area (Å²) in [5.41, 5.74) is 6.78.